The van der Waals surface area contributed by atoms with E-state index in [2.05, 4.69) is 33.4 Å². The zero-order valence-electron chi connectivity index (χ0n) is 11.7. The summed E-state index contributed by atoms with van der Waals surface area (Å²) in [4.78, 5) is 0. The van der Waals surface area contributed by atoms with Crippen molar-refractivity contribution in [2.75, 3.05) is 19.5 Å². The lowest BCUT2D eigenvalue weighted by Gasteiger charge is -2.13. The van der Waals surface area contributed by atoms with Gasteiger partial charge in [0.25, 0.3) is 0 Å². The average Bonchev–Trinajstić information content (AvgIpc) is 2.48. The Balaban J connectivity index is 2.12. The Hall–Kier alpha value is -1.52. The van der Waals surface area contributed by atoms with Crippen molar-refractivity contribution in [3.8, 4) is 5.75 Å². The molecule has 106 valence electrons. The molecule has 0 bridgehead atoms. The fraction of sp³-hybridized carbons (Fsp3) is 0.250. The van der Waals surface area contributed by atoms with Crippen molar-refractivity contribution in [1.29, 1.82) is 0 Å². The monoisotopic (exact) mass is 335 g/mol. The maximum absolute atomic E-state index is 5.25. The molecule has 0 saturated heterocycles. The quantitative estimate of drug-likeness (QED) is 0.857. The summed E-state index contributed by atoms with van der Waals surface area (Å²) < 4.78 is 11.5. The minimum atomic E-state index is 0.571. The maximum Gasteiger partial charge on any atom is 0.119 e. The highest BCUT2D eigenvalue weighted by Gasteiger charge is 2.06. The fourth-order valence-electron chi connectivity index (χ4n) is 2.00. The number of nitrogens with one attached hydrogen (secondary N) is 1. The molecule has 2 aromatic rings. The highest BCUT2D eigenvalue weighted by Crippen LogP contribution is 2.26. The molecular formula is C16H18BrNO2. The molecule has 0 atom stereocenters. The van der Waals surface area contributed by atoms with Crippen molar-refractivity contribution in [3.63, 3.8) is 0 Å². The van der Waals surface area contributed by atoms with Crippen LogP contribution in [-0.2, 0) is 17.9 Å². The van der Waals surface area contributed by atoms with Gasteiger partial charge in [0.2, 0.25) is 0 Å². The first-order valence-electron chi connectivity index (χ1n) is 6.37. The Kier molecular flexibility index (Phi) is 5.44. The van der Waals surface area contributed by atoms with Crippen LogP contribution in [0.25, 0.3) is 0 Å². The third kappa shape index (κ3) is 3.74. The van der Waals surface area contributed by atoms with E-state index in [0.717, 1.165) is 28.0 Å². The third-order valence-electron chi connectivity index (χ3n) is 3.02. The molecule has 0 aromatic heterocycles. The first-order valence-corrected chi connectivity index (χ1v) is 7.17. The molecule has 0 heterocycles. The number of hydrogen-bond donors (Lipinski definition) is 1. The van der Waals surface area contributed by atoms with Crippen LogP contribution in [-0.4, -0.2) is 14.2 Å². The van der Waals surface area contributed by atoms with Crippen LogP contribution in [0.4, 0.5) is 5.69 Å². The van der Waals surface area contributed by atoms with Crippen LogP contribution in [0.2, 0.25) is 0 Å². The summed E-state index contributed by atoms with van der Waals surface area (Å²) in [7, 11) is 3.38. The zero-order chi connectivity index (χ0) is 14.4. The highest BCUT2D eigenvalue weighted by atomic mass is 79.9. The Morgan fingerprint density at radius 1 is 1.10 bits per heavy atom. The summed E-state index contributed by atoms with van der Waals surface area (Å²) in [6, 6.07) is 14.1. The van der Waals surface area contributed by atoms with Gasteiger partial charge < -0.3 is 14.8 Å². The zero-order valence-corrected chi connectivity index (χ0v) is 13.2. The molecule has 0 saturated carbocycles. The molecular weight excluding hydrogens is 318 g/mol. The van der Waals surface area contributed by atoms with Crippen molar-refractivity contribution in [3.05, 3.63) is 58.1 Å². The number of hydrogen-bond acceptors (Lipinski definition) is 3. The van der Waals surface area contributed by atoms with Gasteiger partial charge in [0.1, 0.15) is 5.75 Å². The SMILES string of the molecule is COCc1c(Br)cccc1NCc1cccc(OC)c1. The van der Waals surface area contributed by atoms with Gasteiger partial charge in [-0.1, -0.05) is 34.1 Å². The number of benzene rings is 2. The molecule has 2 aromatic carbocycles. The second-order valence-electron chi connectivity index (χ2n) is 4.40. The molecule has 0 unspecified atom stereocenters. The van der Waals surface area contributed by atoms with Gasteiger partial charge in [0.05, 0.1) is 13.7 Å². The molecule has 0 aliphatic rings. The molecule has 20 heavy (non-hydrogen) atoms. The van der Waals surface area contributed by atoms with Crippen molar-refractivity contribution in [2.45, 2.75) is 13.2 Å². The molecule has 4 heteroatoms. The summed E-state index contributed by atoms with van der Waals surface area (Å²) in [5, 5.41) is 3.44. The second-order valence-corrected chi connectivity index (χ2v) is 5.26. The second kappa shape index (κ2) is 7.31. The topological polar surface area (TPSA) is 30.5 Å². The first kappa shape index (κ1) is 14.9. The predicted molar refractivity (Wildman–Crippen MR) is 85.2 cm³/mol. The lowest BCUT2D eigenvalue weighted by atomic mass is 10.1. The Morgan fingerprint density at radius 3 is 2.65 bits per heavy atom. The maximum atomic E-state index is 5.25. The molecule has 0 fully saturated rings. The lowest BCUT2D eigenvalue weighted by Crippen LogP contribution is -2.04. The van der Waals surface area contributed by atoms with E-state index in [-0.39, 0.29) is 0 Å². The summed E-state index contributed by atoms with van der Waals surface area (Å²) in [5.74, 6) is 0.871. The van der Waals surface area contributed by atoms with Gasteiger partial charge >= 0.3 is 0 Å². The van der Waals surface area contributed by atoms with Gasteiger partial charge in [-0.3, -0.25) is 0 Å². The van der Waals surface area contributed by atoms with E-state index < -0.39 is 0 Å². The van der Waals surface area contributed by atoms with Crippen molar-refractivity contribution in [1.82, 2.24) is 0 Å². The van der Waals surface area contributed by atoms with Crippen molar-refractivity contribution in [2.24, 2.45) is 0 Å². The smallest absolute Gasteiger partial charge is 0.119 e. The first-order chi connectivity index (χ1) is 9.74. The van der Waals surface area contributed by atoms with Gasteiger partial charge in [-0.05, 0) is 29.8 Å². The van der Waals surface area contributed by atoms with E-state index in [9.17, 15) is 0 Å². The number of methoxy groups -OCH3 is 2. The molecule has 2 rings (SSSR count). The molecule has 0 aliphatic heterocycles. The predicted octanol–water partition coefficient (Wildman–Crippen LogP) is 4.22. The molecule has 0 radical (unpaired) electrons. The highest BCUT2D eigenvalue weighted by molar-refractivity contribution is 9.10. The Bertz CT molecular complexity index is 572. The van der Waals surface area contributed by atoms with Gasteiger partial charge in [0, 0.05) is 29.4 Å². The largest absolute Gasteiger partial charge is 0.497 e. The molecule has 3 nitrogen and oxygen atoms in total. The van der Waals surface area contributed by atoms with Gasteiger partial charge in [-0.25, -0.2) is 0 Å². The molecule has 1 N–H and O–H groups in total. The van der Waals surface area contributed by atoms with Gasteiger partial charge in [-0.2, -0.15) is 0 Å². The average molecular weight is 336 g/mol. The van der Waals surface area contributed by atoms with Crippen LogP contribution >= 0.6 is 15.9 Å². The number of halogens is 1. The van der Waals surface area contributed by atoms with Gasteiger partial charge in [-0.15, -0.1) is 0 Å². The summed E-state index contributed by atoms with van der Waals surface area (Å²) >= 11 is 3.56. The molecule has 0 aliphatic carbocycles. The van der Waals surface area contributed by atoms with Crippen molar-refractivity contribution < 1.29 is 9.47 Å². The Morgan fingerprint density at radius 2 is 1.90 bits per heavy atom. The van der Waals surface area contributed by atoms with E-state index in [1.54, 1.807) is 14.2 Å². The fourth-order valence-corrected chi connectivity index (χ4v) is 2.48. The summed E-state index contributed by atoms with van der Waals surface area (Å²) in [5.41, 5.74) is 3.37. The van der Waals surface area contributed by atoms with Crippen molar-refractivity contribution >= 4 is 21.6 Å². The normalized spacial score (nSPS) is 10.3. The number of anilines is 1. The minimum Gasteiger partial charge on any atom is -0.497 e. The molecule has 0 spiro atoms. The van der Waals surface area contributed by atoms with Crippen LogP contribution in [0.1, 0.15) is 11.1 Å². The molecule has 0 amide bonds. The third-order valence-corrected chi connectivity index (χ3v) is 3.77. The van der Waals surface area contributed by atoms with Crippen LogP contribution in [0.15, 0.2) is 46.9 Å². The number of rotatable bonds is 6. The summed E-state index contributed by atoms with van der Waals surface area (Å²) in [6.45, 7) is 1.31. The van der Waals surface area contributed by atoms with Crippen LogP contribution in [0.5, 0.6) is 5.75 Å². The van der Waals surface area contributed by atoms with Crippen LogP contribution in [0.3, 0.4) is 0 Å². The van der Waals surface area contributed by atoms with E-state index in [0.29, 0.717) is 6.61 Å². The van der Waals surface area contributed by atoms with Crippen LogP contribution < -0.4 is 10.1 Å². The Labute approximate surface area is 128 Å². The van der Waals surface area contributed by atoms with Gasteiger partial charge in [0.15, 0.2) is 0 Å². The van der Waals surface area contributed by atoms with Crippen LogP contribution in [0, 0.1) is 0 Å². The van der Waals surface area contributed by atoms with E-state index >= 15 is 0 Å². The summed E-state index contributed by atoms with van der Waals surface area (Å²) in [6.07, 6.45) is 0. The lowest BCUT2D eigenvalue weighted by molar-refractivity contribution is 0.185. The van der Waals surface area contributed by atoms with E-state index in [1.807, 2.05) is 30.3 Å². The minimum absolute atomic E-state index is 0.571. The van der Waals surface area contributed by atoms with E-state index in [4.69, 9.17) is 9.47 Å². The number of ether oxygens (including phenoxy) is 2. The van der Waals surface area contributed by atoms with E-state index in [1.165, 1.54) is 5.56 Å². The standard InChI is InChI=1S/C16H18BrNO2/c1-19-11-14-15(17)7-4-8-16(14)18-10-12-5-3-6-13(9-12)20-2/h3-9,18H,10-11H2,1-2H3.